The third kappa shape index (κ3) is 1.89. The van der Waals surface area contributed by atoms with Gasteiger partial charge in [0.15, 0.2) is 5.82 Å². The standard InChI is InChI=1S/C9H8N6OS/c16-9-13-6(4-17-9)3-11-7-8-14-12-5-15(8)2-1-10-7/h1-2,4-5H,3H2,(H,10,11)(H,13,16). The molecule has 3 aromatic rings. The van der Waals surface area contributed by atoms with Crippen LogP contribution < -0.4 is 10.2 Å². The van der Waals surface area contributed by atoms with Gasteiger partial charge in [-0.25, -0.2) is 4.98 Å². The Kier molecular flexibility index (Phi) is 2.33. The number of thiazole rings is 1. The van der Waals surface area contributed by atoms with Gasteiger partial charge in [-0.2, -0.15) is 0 Å². The first-order valence-corrected chi connectivity index (χ1v) is 5.76. The smallest absolute Gasteiger partial charge is 0.304 e. The van der Waals surface area contributed by atoms with Crippen LogP contribution in [0.25, 0.3) is 5.65 Å². The second-order valence-corrected chi connectivity index (χ2v) is 4.21. The van der Waals surface area contributed by atoms with Gasteiger partial charge in [-0.05, 0) is 0 Å². The highest BCUT2D eigenvalue weighted by atomic mass is 32.1. The number of hydrogen-bond donors (Lipinski definition) is 2. The first kappa shape index (κ1) is 9.97. The van der Waals surface area contributed by atoms with Gasteiger partial charge in [-0.1, -0.05) is 11.3 Å². The summed E-state index contributed by atoms with van der Waals surface area (Å²) < 4.78 is 1.77. The molecule has 17 heavy (non-hydrogen) atoms. The van der Waals surface area contributed by atoms with Crippen LogP contribution in [-0.4, -0.2) is 24.6 Å². The lowest BCUT2D eigenvalue weighted by Gasteiger charge is -2.03. The summed E-state index contributed by atoms with van der Waals surface area (Å²) in [6.07, 6.45) is 5.04. The average Bonchev–Trinajstić information content (AvgIpc) is 2.94. The largest absolute Gasteiger partial charge is 0.361 e. The molecule has 0 aromatic carbocycles. The normalized spacial score (nSPS) is 10.8. The zero-order chi connectivity index (χ0) is 11.7. The summed E-state index contributed by atoms with van der Waals surface area (Å²) in [6.45, 7) is 0.498. The molecule has 0 amide bonds. The summed E-state index contributed by atoms with van der Waals surface area (Å²) in [5.74, 6) is 0.636. The fourth-order valence-corrected chi connectivity index (χ4v) is 2.04. The summed E-state index contributed by atoms with van der Waals surface area (Å²) in [4.78, 5) is 17.8. The summed E-state index contributed by atoms with van der Waals surface area (Å²) >= 11 is 1.14. The molecule has 3 heterocycles. The van der Waals surface area contributed by atoms with Crippen molar-refractivity contribution in [2.75, 3.05) is 5.32 Å². The van der Waals surface area contributed by atoms with E-state index < -0.39 is 0 Å². The van der Waals surface area contributed by atoms with Crippen LogP contribution in [0.1, 0.15) is 5.69 Å². The van der Waals surface area contributed by atoms with Gasteiger partial charge in [0.1, 0.15) is 6.33 Å². The Morgan fingerprint density at radius 1 is 1.53 bits per heavy atom. The SMILES string of the molecule is O=c1[nH]c(CNc2nccn3cnnc23)cs1. The molecule has 0 aliphatic heterocycles. The van der Waals surface area contributed by atoms with Crippen molar-refractivity contribution in [3.8, 4) is 0 Å². The highest BCUT2D eigenvalue weighted by Gasteiger charge is 2.04. The lowest BCUT2D eigenvalue weighted by Crippen LogP contribution is -2.05. The lowest BCUT2D eigenvalue weighted by molar-refractivity contribution is 1.03. The van der Waals surface area contributed by atoms with Crippen molar-refractivity contribution in [1.82, 2.24) is 24.6 Å². The minimum absolute atomic E-state index is 0.0598. The number of rotatable bonds is 3. The van der Waals surface area contributed by atoms with E-state index in [1.165, 1.54) is 0 Å². The van der Waals surface area contributed by atoms with Crippen molar-refractivity contribution in [2.45, 2.75) is 6.54 Å². The number of anilines is 1. The van der Waals surface area contributed by atoms with Crippen LogP contribution in [-0.2, 0) is 6.54 Å². The molecule has 2 N–H and O–H groups in total. The first-order valence-electron chi connectivity index (χ1n) is 4.88. The van der Waals surface area contributed by atoms with Crippen LogP contribution in [0, 0.1) is 0 Å². The quantitative estimate of drug-likeness (QED) is 0.704. The summed E-state index contributed by atoms with van der Waals surface area (Å²) in [6, 6.07) is 0. The molecule has 0 saturated carbocycles. The van der Waals surface area contributed by atoms with Crippen molar-refractivity contribution >= 4 is 22.8 Å². The van der Waals surface area contributed by atoms with Crippen LogP contribution >= 0.6 is 11.3 Å². The highest BCUT2D eigenvalue weighted by molar-refractivity contribution is 7.07. The van der Waals surface area contributed by atoms with E-state index in [1.54, 1.807) is 28.5 Å². The Bertz CT molecular complexity index is 698. The third-order valence-electron chi connectivity index (χ3n) is 2.23. The molecule has 3 rings (SSSR count). The van der Waals surface area contributed by atoms with Crippen molar-refractivity contribution in [3.63, 3.8) is 0 Å². The van der Waals surface area contributed by atoms with Gasteiger partial charge in [-0.3, -0.25) is 9.20 Å². The summed E-state index contributed by atoms with van der Waals surface area (Å²) in [5, 5.41) is 12.6. The molecule has 0 aliphatic carbocycles. The van der Waals surface area contributed by atoms with E-state index in [0.29, 0.717) is 18.0 Å². The van der Waals surface area contributed by atoms with E-state index in [9.17, 15) is 4.79 Å². The number of aromatic nitrogens is 5. The van der Waals surface area contributed by atoms with Crippen LogP contribution in [0.2, 0.25) is 0 Å². The molecule has 0 bridgehead atoms. The molecule has 8 heteroatoms. The molecule has 7 nitrogen and oxygen atoms in total. The van der Waals surface area contributed by atoms with Crippen LogP contribution in [0.5, 0.6) is 0 Å². The maximum atomic E-state index is 11.0. The molecule has 0 radical (unpaired) electrons. The molecule has 86 valence electrons. The van der Waals surface area contributed by atoms with Crippen molar-refractivity contribution in [3.05, 3.63) is 39.5 Å². The predicted molar refractivity (Wildman–Crippen MR) is 63.0 cm³/mol. The van der Waals surface area contributed by atoms with Crippen molar-refractivity contribution in [2.24, 2.45) is 0 Å². The minimum Gasteiger partial charge on any atom is -0.361 e. The van der Waals surface area contributed by atoms with Gasteiger partial charge in [-0.15, -0.1) is 10.2 Å². The van der Waals surface area contributed by atoms with E-state index in [-0.39, 0.29) is 4.87 Å². The second kappa shape index (κ2) is 3.98. The maximum Gasteiger partial charge on any atom is 0.304 e. The number of H-pyrrole nitrogens is 1. The molecule has 0 aliphatic rings. The number of nitrogens with one attached hydrogen (secondary N) is 2. The zero-order valence-corrected chi connectivity index (χ0v) is 9.44. The van der Waals surface area contributed by atoms with Crippen molar-refractivity contribution < 1.29 is 0 Å². The summed E-state index contributed by atoms with van der Waals surface area (Å²) in [5.41, 5.74) is 1.48. The molecule has 3 aromatic heterocycles. The Morgan fingerprint density at radius 2 is 2.47 bits per heavy atom. The highest BCUT2D eigenvalue weighted by Crippen LogP contribution is 2.10. The van der Waals surface area contributed by atoms with Crippen LogP contribution in [0.15, 0.2) is 28.9 Å². The molecule has 0 atom stereocenters. The first-order chi connectivity index (χ1) is 8.33. The van der Waals surface area contributed by atoms with Crippen molar-refractivity contribution in [1.29, 1.82) is 0 Å². The summed E-state index contributed by atoms with van der Waals surface area (Å²) in [7, 11) is 0. The molecular weight excluding hydrogens is 240 g/mol. The lowest BCUT2D eigenvalue weighted by atomic mass is 10.4. The Labute approximate surface area is 99.2 Å². The average molecular weight is 248 g/mol. The number of nitrogens with zero attached hydrogens (tertiary/aromatic N) is 4. The third-order valence-corrected chi connectivity index (χ3v) is 2.95. The van der Waals surface area contributed by atoms with Crippen LogP contribution in [0.3, 0.4) is 0 Å². The molecule has 0 unspecified atom stereocenters. The topological polar surface area (TPSA) is 88.0 Å². The van der Waals surface area contributed by atoms with E-state index in [1.807, 2.05) is 0 Å². The van der Waals surface area contributed by atoms with E-state index in [0.717, 1.165) is 17.0 Å². The number of fused-ring (bicyclic) bond motifs is 1. The van der Waals surface area contributed by atoms with Gasteiger partial charge in [0.05, 0.1) is 6.54 Å². The molecule has 0 spiro atoms. The van der Waals surface area contributed by atoms with E-state index in [2.05, 4.69) is 25.5 Å². The van der Waals surface area contributed by atoms with Gasteiger partial charge in [0.2, 0.25) is 5.65 Å². The second-order valence-electron chi connectivity index (χ2n) is 3.36. The zero-order valence-electron chi connectivity index (χ0n) is 8.62. The number of hydrogen-bond acceptors (Lipinski definition) is 6. The van der Waals surface area contributed by atoms with E-state index >= 15 is 0 Å². The molecule has 0 fully saturated rings. The van der Waals surface area contributed by atoms with Gasteiger partial charge < -0.3 is 10.3 Å². The molecule has 0 saturated heterocycles. The van der Waals surface area contributed by atoms with Gasteiger partial charge in [0.25, 0.3) is 0 Å². The Hall–Kier alpha value is -2.22. The predicted octanol–water partition coefficient (Wildman–Crippen LogP) is 0.486. The minimum atomic E-state index is -0.0598. The maximum absolute atomic E-state index is 11.0. The van der Waals surface area contributed by atoms with Gasteiger partial charge >= 0.3 is 4.87 Å². The van der Waals surface area contributed by atoms with E-state index in [4.69, 9.17) is 0 Å². The Balaban J connectivity index is 1.85. The fourth-order valence-electron chi connectivity index (χ4n) is 1.46. The van der Waals surface area contributed by atoms with Crippen LogP contribution in [0.4, 0.5) is 5.82 Å². The van der Waals surface area contributed by atoms with Gasteiger partial charge in [0, 0.05) is 23.5 Å². The monoisotopic (exact) mass is 248 g/mol. The Morgan fingerprint density at radius 3 is 3.29 bits per heavy atom. The number of aromatic amines is 1. The molecular formula is C9H8N6OS. The fraction of sp³-hybridized carbons (Fsp3) is 0.111.